The zero-order chi connectivity index (χ0) is 15.6. The smallest absolute Gasteiger partial charge is 0.308 e. The predicted octanol–water partition coefficient (Wildman–Crippen LogP) is 1.86. The summed E-state index contributed by atoms with van der Waals surface area (Å²) in [6, 6.07) is 5.71. The number of likely N-dealkylation sites (tertiary alicyclic amines) is 1. The predicted molar refractivity (Wildman–Crippen MR) is 78.3 cm³/mol. The molecule has 5 heteroatoms. The number of hydrogen-bond acceptors (Lipinski definition) is 3. The number of rotatable bonds is 4. The molecule has 0 spiro atoms. The number of carboxylic acids is 1. The standard InChI is InChI=1S/C16H21NO4/c1-10-5-4-6-14(12(10)3)21-9-15(18)17-7-11(2)13(8-17)16(19)20/h4-6,11,13H,7-9H2,1-3H3,(H,19,20)/t11-,13-/m1/s1. The van der Waals surface area contributed by atoms with Crippen molar-refractivity contribution in [3.63, 3.8) is 0 Å². The van der Waals surface area contributed by atoms with Gasteiger partial charge >= 0.3 is 5.97 Å². The SMILES string of the molecule is Cc1cccc(OCC(=O)N2C[C@@H](C)[C@H](C(=O)O)C2)c1C. The van der Waals surface area contributed by atoms with Crippen LogP contribution in [0.2, 0.25) is 0 Å². The molecule has 1 aromatic carbocycles. The molecule has 1 aliphatic heterocycles. The van der Waals surface area contributed by atoms with Crippen molar-refractivity contribution < 1.29 is 19.4 Å². The Hall–Kier alpha value is -2.04. The first-order valence-electron chi connectivity index (χ1n) is 7.09. The topological polar surface area (TPSA) is 66.8 Å². The van der Waals surface area contributed by atoms with E-state index in [9.17, 15) is 9.59 Å². The van der Waals surface area contributed by atoms with Crippen LogP contribution in [-0.4, -0.2) is 41.6 Å². The maximum absolute atomic E-state index is 12.1. The number of hydrogen-bond donors (Lipinski definition) is 1. The maximum atomic E-state index is 12.1. The van der Waals surface area contributed by atoms with Gasteiger partial charge in [0.25, 0.3) is 5.91 Å². The van der Waals surface area contributed by atoms with E-state index in [1.807, 2.05) is 39.0 Å². The van der Waals surface area contributed by atoms with Crippen LogP contribution in [0, 0.1) is 25.7 Å². The molecule has 1 N–H and O–H groups in total. The zero-order valence-corrected chi connectivity index (χ0v) is 12.6. The lowest BCUT2D eigenvalue weighted by molar-refractivity contribution is -0.142. The van der Waals surface area contributed by atoms with Crippen molar-refractivity contribution in [2.75, 3.05) is 19.7 Å². The molecule has 2 rings (SSSR count). The summed E-state index contributed by atoms with van der Waals surface area (Å²) in [6.45, 7) is 6.50. The van der Waals surface area contributed by atoms with E-state index in [1.165, 1.54) is 0 Å². The van der Waals surface area contributed by atoms with Gasteiger partial charge in [0, 0.05) is 13.1 Å². The quantitative estimate of drug-likeness (QED) is 0.919. The first-order valence-corrected chi connectivity index (χ1v) is 7.09. The maximum Gasteiger partial charge on any atom is 0.308 e. The number of aryl methyl sites for hydroxylation is 1. The second kappa shape index (κ2) is 6.16. The van der Waals surface area contributed by atoms with Crippen molar-refractivity contribution >= 4 is 11.9 Å². The molecular formula is C16H21NO4. The normalized spacial score (nSPS) is 21.4. The molecule has 5 nitrogen and oxygen atoms in total. The minimum absolute atomic E-state index is 0.0212. The summed E-state index contributed by atoms with van der Waals surface area (Å²) in [5, 5.41) is 9.09. The minimum Gasteiger partial charge on any atom is -0.483 e. The Kier molecular flexibility index (Phi) is 4.50. The lowest BCUT2D eigenvalue weighted by atomic mass is 9.99. The van der Waals surface area contributed by atoms with E-state index >= 15 is 0 Å². The summed E-state index contributed by atoms with van der Waals surface area (Å²) in [7, 11) is 0. The summed E-state index contributed by atoms with van der Waals surface area (Å²) in [5.74, 6) is -0.799. The molecule has 0 bridgehead atoms. The van der Waals surface area contributed by atoms with E-state index in [0.717, 1.165) is 11.1 Å². The summed E-state index contributed by atoms with van der Waals surface area (Å²) in [6.07, 6.45) is 0. The molecule has 0 unspecified atom stereocenters. The second-order valence-corrected chi connectivity index (χ2v) is 5.71. The Labute approximate surface area is 124 Å². The van der Waals surface area contributed by atoms with Crippen LogP contribution in [-0.2, 0) is 9.59 Å². The molecule has 0 saturated carbocycles. The lowest BCUT2D eigenvalue weighted by Gasteiger charge is -2.17. The monoisotopic (exact) mass is 291 g/mol. The summed E-state index contributed by atoms with van der Waals surface area (Å²) < 4.78 is 5.58. The molecule has 0 radical (unpaired) electrons. The van der Waals surface area contributed by atoms with Crippen LogP contribution in [0.4, 0.5) is 0 Å². The van der Waals surface area contributed by atoms with Crippen LogP contribution in [0.3, 0.4) is 0 Å². The van der Waals surface area contributed by atoms with Crippen molar-refractivity contribution in [1.82, 2.24) is 4.90 Å². The third-order valence-electron chi connectivity index (χ3n) is 4.19. The van der Waals surface area contributed by atoms with Gasteiger partial charge in [-0.1, -0.05) is 19.1 Å². The first-order chi connectivity index (χ1) is 9.90. The largest absolute Gasteiger partial charge is 0.483 e. The van der Waals surface area contributed by atoms with Crippen LogP contribution in [0.25, 0.3) is 0 Å². The van der Waals surface area contributed by atoms with E-state index in [2.05, 4.69) is 0 Å². The number of carbonyl (C=O) groups is 2. The van der Waals surface area contributed by atoms with Crippen LogP contribution in [0.1, 0.15) is 18.1 Å². The molecule has 0 aromatic heterocycles. The molecular weight excluding hydrogens is 270 g/mol. The first kappa shape index (κ1) is 15.4. The average Bonchev–Trinajstić information content (AvgIpc) is 2.82. The third-order valence-corrected chi connectivity index (χ3v) is 4.19. The number of ether oxygens (including phenoxy) is 1. The number of benzene rings is 1. The van der Waals surface area contributed by atoms with E-state index < -0.39 is 11.9 Å². The number of nitrogens with zero attached hydrogens (tertiary/aromatic N) is 1. The van der Waals surface area contributed by atoms with E-state index in [1.54, 1.807) is 4.90 Å². The molecule has 1 aromatic rings. The van der Waals surface area contributed by atoms with Crippen LogP contribution in [0.5, 0.6) is 5.75 Å². The highest BCUT2D eigenvalue weighted by molar-refractivity contribution is 5.80. The number of amides is 1. The van der Waals surface area contributed by atoms with Gasteiger partial charge in [-0.3, -0.25) is 9.59 Å². The van der Waals surface area contributed by atoms with Gasteiger partial charge in [0.2, 0.25) is 0 Å². The highest BCUT2D eigenvalue weighted by Gasteiger charge is 2.36. The van der Waals surface area contributed by atoms with E-state index in [-0.39, 0.29) is 25.0 Å². The van der Waals surface area contributed by atoms with Crippen LogP contribution in [0.15, 0.2) is 18.2 Å². The van der Waals surface area contributed by atoms with Crippen LogP contribution >= 0.6 is 0 Å². The van der Waals surface area contributed by atoms with E-state index in [0.29, 0.717) is 12.3 Å². The van der Waals surface area contributed by atoms with Crippen molar-refractivity contribution in [1.29, 1.82) is 0 Å². The van der Waals surface area contributed by atoms with Gasteiger partial charge in [-0.25, -0.2) is 0 Å². The fourth-order valence-electron chi connectivity index (χ4n) is 2.60. The molecule has 1 aliphatic rings. The summed E-state index contributed by atoms with van der Waals surface area (Å²) >= 11 is 0. The highest BCUT2D eigenvalue weighted by atomic mass is 16.5. The second-order valence-electron chi connectivity index (χ2n) is 5.71. The Balaban J connectivity index is 1.94. The Morgan fingerprint density at radius 2 is 2.05 bits per heavy atom. The van der Waals surface area contributed by atoms with Gasteiger partial charge in [-0.05, 0) is 37.0 Å². The molecule has 1 saturated heterocycles. The molecule has 1 fully saturated rings. The van der Waals surface area contributed by atoms with Gasteiger partial charge < -0.3 is 14.7 Å². The van der Waals surface area contributed by atoms with Crippen molar-refractivity contribution in [3.8, 4) is 5.75 Å². The number of carbonyl (C=O) groups excluding carboxylic acids is 1. The fourth-order valence-corrected chi connectivity index (χ4v) is 2.60. The van der Waals surface area contributed by atoms with Crippen molar-refractivity contribution in [2.24, 2.45) is 11.8 Å². The fraction of sp³-hybridized carbons (Fsp3) is 0.500. The number of carboxylic acid groups (broad SMARTS) is 1. The van der Waals surface area contributed by atoms with Gasteiger partial charge in [-0.15, -0.1) is 0 Å². The molecule has 0 aliphatic carbocycles. The average molecular weight is 291 g/mol. The molecule has 2 atom stereocenters. The third kappa shape index (κ3) is 3.35. The molecule has 1 amide bonds. The molecule has 21 heavy (non-hydrogen) atoms. The van der Waals surface area contributed by atoms with E-state index in [4.69, 9.17) is 9.84 Å². The molecule has 1 heterocycles. The van der Waals surface area contributed by atoms with Gasteiger partial charge in [-0.2, -0.15) is 0 Å². The Morgan fingerprint density at radius 1 is 1.33 bits per heavy atom. The van der Waals surface area contributed by atoms with Crippen LogP contribution < -0.4 is 4.74 Å². The van der Waals surface area contributed by atoms with Gasteiger partial charge in [0.15, 0.2) is 6.61 Å². The Morgan fingerprint density at radius 3 is 2.67 bits per heavy atom. The lowest BCUT2D eigenvalue weighted by Crippen LogP contribution is -2.34. The molecule has 114 valence electrons. The highest BCUT2D eigenvalue weighted by Crippen LogP contribution is 2.24. The number of aliphatic carboxylic acids is 1. The Bertz CT molecular complexity index is 555. The minimum atomic E-state index is -0.840. The van der Waals surface area contributed by atoms with Crippen molar-refractivity contribution in [3.05, 3.63) is 29.3 Å². The summed E-state index contributed by atoms with van der Waals surface area (Å²) in [4.78, 5) is 24.8. The zero-order valence-electron chi connectivity index (χ0n) is 12.6. The van der Waals surface area contributed by atoms with Crippen molar-refractivity contribution in [2.45, 2.75) is 20.8 Å². The van der Waals surface area contributed by atoms with Gasteiger partial charge in [0.1, 0.15) is 5.75 Å². The summed E-state index contributed by atoms with van der Waals surface area (Å²) in [5.41, 5.74) is 2.13. The van der Waals surface area contributed by atoms with Gasteiger partial charge in [0.05, 0.1) is 5.92 Å².